The van der Waals surface area contributed by atoms with Crippen molar-refractivity contribution >= 4 is 5.97 Å². The number of carboxylic acids is 1. The summed E-state index contributed by atoms with van der Waals surface area (Å²) in [6.45, 7) is 4.11. The van der Waals surface area contributed by atoms with E-state index in [9.17, 15) is 4.79 Å². The number of nitrogens with one attached hydrogen (secondary N) is 1. The topological polar surface area (TPSA) is 66.0 Å². The van der Waals surface area contributed by atoms with E-state index >= 15 is 0 Å². The number of aromatic amines is 1. The Morgan fingerprint density at radius 2 is 2.38 bits per heavy atom. The third-order valence-corrected chi connectivity index (χ3v) is 1.85. The number of carboxylic acid groups (broad SMARTS) is 1. The van der Waals surface area contributed by atoms with Gasteiger partial charge in [0.25, 0.3) is 0 Å². The van der Waals surface area contributed by atoms with Crippen molar-refractivity contribution in [3.8, 4) is 0 Å². The van der Waals surface area contributed by atoms with E-state index in [2.05, 4.69) is 24.0 Å². The van der Waals surface area contributed by atoms with Crippen LogP contribution in [0.5, 0.6) is 0 Å². The Labute approximate surface area is 77.0 Å². The van der Waals surface area contributed by atoms with Gasteiger partial charge in [0, 0.05) is 5.69 Å². The normalized spacial score (nSPS) is 10.7. The number of carbonyl (C=O) groups is 1. The molecular weight excluding hydrogens is 168 g/mol. The molecule has 4 heteroatoms. The molecule has 1 rings (SSSR count). The minimum absolute atomic E-state index is 0.153. The van der Waals surface area contributed by atoms with Crippen molar-refractivity contribution < 1.29 is 9.90 Å². The number of H-pyrrole nitrogens is 1. The molecule has 72 valence electrons. The molecule has 0 aliphatic heterocycles. The van der Waals surface area contributed by atoms with Crippen LogP contribution >= 0.6 is 0 Å². The van der Waals surface area contributed by atoms with E-state index in [1.807, 2.05) is 6.07 Å². The van der Waals surface area contributed by atoms with Gasteiger partial charge in [-0.25, -0.2) is 0 Å². The summed E-state index contributed by atoms with van der Waals surface area (Å²) < 4.78 is 0. The Kier molecular flexibility index (Phi) is 3.06. The van der Waals surface area contributed by atoms with Crippen molar-refractivity contribution in [1.29, 1.82) is 0 Å². The van der Waals surface area contributed by atoms with Crippen LogP contribution in [0.3, 0.4) is 0 Å². The predicted molar refractivity (Wildman–Crippen MR) is 48.6 cm³/mol. The van der Waals surface area contributed by atoms with Gasteiger partial charge in [-0.15, -0.1) is 0 Å². The molecule has 0 spiro atoms. The van der Waals surface area contributed by atoms with Crippen LogP contribution in [-0.2, 0) is 11.2 Å². The molecule has 0 saturated heterocycles. The first-order valence-corrected chi connectivity index (χ1v) is 4.35. The molecule has 0 bridgehead atoms. The molecule has 0 aromatic carbocycles. The van der Waals surface area contributed by atoms with Crippen molar-refractivity contribution in [3.63, 3.8) is 0 Å². The monoisotopic (exact) mass is 182 g/mol. The molecule has 0 amide bonds. The Bertz CT molecular complexity index is 292. The first kappa shape index (κ1) is 9.77. The van der Waals surface area contributed by atoms with Crippen LogP contribution < -0.4 is 0 Å². The van der Waals surface area contributed by atoms with Crippen LogP contribution in [0, 0.1) is 0 Å². The Morgan fingerprint density at radius 1 is 1.69 bits per heavy atom. The highest BCUT2D eigenvalue weighted by Gasteiger charge is 2.05. The smallest absolute Gasteiger partial charge is 0.303 e. The zero-order valence-electron chi connectivity index (χ0n) is 7.87. The molecule has 0 radical (unpaired) electrons. The van der Waals surface area contributed by atoms with Gasteiger partial charge < -0.3 is 5.11 Å². The largest absolute Gasteiger partial charge is 0.481 e. The standard InChI is InChI=1S/C9H14N2O2/c1-6(2)8-5-7(10-11-8)3-4-9(12)13/h5-6H,3-4H2,1-2H3,(H,10,11)(H,12,13). The van der Waals surface area contributed by atoms with E-state index in [0.717, 1.165) is 11.4 Å². The molecule has 1 heterocycles. The number of rotatable bonds is 4. The van der Waals surface area contributed by atoms with Gasteiger partial charge in [-0.2, -0.15) is 5.10 Å². The van der Waals surface area contributed by atoms with Gasteiger partial charge in [0.05, 0.1) is 12.1 Å². The van der Waals surface area contributed by atoms with Crippen molar-refractivity contribution in [2.45, 2.75) is 32.6 Å². The number of nitrogens with zero attached hydrogens (tertiary/aromatic N) is 1. The maximum absolute atomic E-state index is 10.3. The van der Waals surface area contributed by atoms with Crippen LogP contribution in [0.25, 0.3) is 0 Å². The lowest BCUT2D eigenvalue weighted by Gasteiger charge is -1.95. The van der Waals surface area contributed by atoms with E-state index in [-0.39, 0.29) is 6.42 Å². The van der Waals surface area contributed by atoms with Crippen LogP contribution in [0.4, 0.5) is 0 Å². The van der Waals surface area contributed by atoms with Gasteiger partial charge in [-0.05, 0) is 18.4 Å². The number of aryl methyl sites for hydroxylation is 1. The highest BCUT2D eigenvalue weighted by atomic mass is 16.4. The number of aliphatic carboxylic acids is 1. The van der Waals surface area contributed by atoms with Crippen LogP contribution in [0.15, 0.2) is 6.07 Å². The van der Waals surface area contributed by atoms with E-state index in [0.29, 0.717) is 12.3 Å². The van der Waals surface area contributed by atoms with Crippen LogP contribution in [0.2, 0.25) is 0 Å². The Hall–Kier alpha value is -1.32. The minimum atomic E-state index is -0.777. The first-order valence-electron chi connectivity index (χ1n) is 4.35. The summed E-state index contributed by atoms with van der Waals surface area (Å²) >= 11 is 0. The number of hydrogen-bond donors (Lipinski definition) is 2. The molecule has 13 heavy (non-hydrogen) atoms. The molecule has 2 N–H and O–H groups in total. The quantitative estimate of drug-likeness (QED) is 0.742. The molecular formula is C9H14N2O2. The van der Waals surface area contributed by atoms with E-state index in [1.165, 1.54) is 0 Å². The lowest BCUT2D eigenvalue weighted by atomic mass is 10.1. The molecule has 4 nitrogen and oxygen atoms in total. The summed E-state index contributed by atoms with van der Waals surface area (Å²) in [7, 11) is 0. The molecule has 0 fully saturated rings. The third kappa shape index (κ3) is 2.89. The predicted octanol–water partition coefficient (Wildman–Crippen LogP) is 1.55. The summed E-state index contributed by atoms with van der Waals surface area (Å²) in [4.78, 5) is 10.3. The second-order valence-electron chi connectivity index (χ2n) is 3.37. The zero-order chi connectivity index (χ0) is 9.84. The van der Waals surface area contributed by atoms with Crippen molar-refractivity contribution in [1.82, 2.24) is 10.2 Å². The lowest BCUT2D eigenvalue weighted by Crippen LogP contribution is -1.97. The van der Waals surface area contributed by atoms with Gasteiger partial charge in [-0.3, -0.25) is 9.89 Å². The van der Waals surface area contributed by atoms with Crippen LogP contribution in [0.1, 0.15) is 37.6 Å². The molecule has 1 aromatic heterocycles. The van der Waals surface area contributed by atoms with Gasteiger partial charge in [0.2, 0.25) is 0 Å². The summed E-state index contributed by atoms with van der Waals surface area (Å²) in [5.74, 6) is -0.393. The maximum Gasteiger partial charge on any atom is 0.303 e. The molecule has 1 aromatic rings. The SMILES string of the molecule is CC(C)c1cc(CCC(=O)O)[nH]n1. The lowest BCUT2D eigenvalue weighted by molar-refractivity contribution is -0.136. The highest BCUT2D eigenvalue weighted by Crippen LogP contribution is 2.12. The average Bonchev–Trinajstić information content (AvgIpc) is 2.48. The third-order valence-electron chi connectivity index (χ3n) is 1.85. The summed E-state index contributed by atoms with van der Waals surface area (Å²) in [6.07, 6.45) is 0.675. The maximum atomic E-state index is 10.3. The van der Waals surface area contributed by atoms with Crippen LogP contribution in [-0.4, -0.2) is 21.3 Å². The fourth-order valence-electron chi connectivity index (χ4n) is 1.04. The van der Waals surface area contributed by atoms with E-state index < -0.39 is 5.97 Å². The second-order valence-corrected chi connectivity index (χ2v) is 3.37. The van der Waals surface area contributed by atoms with E-state index in [1.54, 1.807) is 0 Å². The Balaban J connectivity index is 2.54. The summed E-state index contributed by atoms with van der Waals surface area (Å²) in [5, 5.41) is 15.4. The van der Waals surface area contributed by atoms with E-state index in [4.69, 9.17) is 5.11 Å². The van der Waals surface area contributed by atoms with Gasteiger partial charge >= 0.3 is 5.97 Å². The second kappa shape index (κ2) is 4.07. The van der Waals surface area contributed by atoms with Crippen molar-refractivity contribution in [2.75, 3.05) is 0 Å². The van der Waals surface area contributed by atoms with Crippen molar-refractivity contribution in [2.24, 2.45) is 0 Å². The van der Waals surface area contributed by atoms with Gasteiger partial charge in [0.1, 0.15) is 0 Å². The first-order chi connectivity index (χ1) is 6.09. The fraction of sp³-hybridized carbons (Fsp3) is 0.556. The molecule has 0 atom stereocenters. The average molecular weight is 182 g/mol. The summed E-state index contributed by atoms with van der Waals surface area (Å²) in [5.41, 5.74) is 1.88. The fourth-order valence-corrected chi connectivity index (χ4v) is 1.04. The van der Waals surface area contributed by atoms with Gasteiger partial charge in [0.15, 0.2) is 0 Å². The molecule has 0 unspecified atom stereocenters. The zero-order valence-corrected chi connectivity index (χ0v) is 7.87. The molecule has 0 saturated carbocycles. The number of hydrogen-bond acceptors (Lipinski definition) is 2. The Morgan fingerprint density at radius 3 is 2.85 bits per heavy atom. The highest BCUT2D eigenvalue weighted by molar-refractivity contribution is 5.66. The molecule has 0 aliphatic rings. The van der Waals surface area contributed by atoms with Crippen molar-refractivity contribution in [3.05, 3.63) is 17.5 Å². The van der Waals surface area contributed by atoms with Gasteiger partial charge in [-0.1, -0.05) is 13.8 Å². The number of aromatic nitrogens is 2. The minimum Gasteiger partial charge on any atom is -0.481 e. The molecule has 0 aliphatic carbocycles. The summed E-state index contributed by atoms with van der Waals surface area (Å²) in [6, 6.07) is 1.92.